The van der Waals surface area contributed by atoms with Crippen molar-refractivity contribution in [3.63, 3.8) is 0 Å². The minimum atomic E-state index is -1.09. The maximum atomic E-state index is 10.8. The first-order valence-electron chi connectivity index (χ1n) is 4.77. The van der Waals surface area contributed by atoms with Crippen LogP contribution >= 0.6 is 23.2 Å². The highest BCUT2D eigenvalue weighted by molar-refractivity contribution is 6.33. The van der Waals surface area contributed by atoms with E-state index in [4.69, 9.17) is 33.0 Å². The molecule has 0 aliphatic heterocycles. The molecule has 0 radical (unpaired) electrons. The first-order chi connectivity index (χ1) is 7.47. The average Bonchev–Trinajstić information content (AvgIpc) is 2.22. The van der Waals surface area contributed by atoms with Crippen LogP contribution in [0, 0.1) is 6.92 Å². The van der Waals surface area contributed by atoms with Crippen LogP contribution in [-0.2, 0) is 4.79 Å². The van der Waals surface area contributed by atoms with Crippen molar-refractivity contribution in [2.45, 2.75) is 19.2 Å². The van der Waals surface area contributed by atoms with E-state index in [0.717, 1.165) is 5.56 Å². The summed E-state index contributed by atoms with van der Waals surface area (Å²) in [4.78, 5) is 10.8. The molecule has 1 N–H and O–H groups in total. The highest BCUT2D eigenvalue weighted by Crippen LogP contribution is 2.33. The summed E-state index contributed by atoms with van der Waals surface area (Å²) in [7, 11) is 0. The van der Waals surface area contributed by atoms with Gasteiger partial charge in [0, 0.05) is 0 Å². The monoisotopic (exact) mass is 262 g/mol. The Morgan fingerprint density at radius 1 is 1.56 bits per heavy atom. The van der Waals surface area contributed by atoms with Crippen molar-refractivity contribution in [1.29, 1.82) is 0 Å². The summed E-state index contributed by atoms with van der Waals surface area (Å²) in [5.74, 6) is -0.551. The lowest BCUT2D eigenvalue weighted by Gasteiger charge is -2.12. The molecule has 0 fully saturated rings. The zero-order valence-corrected chi connectivity index (χ0v) is 10.5. The van der Waals surface area contributed by atoms with Gasteiger partial charge in [0.25, 0.3) is 0 Å². The number of halogens is 2. The molecular weight excluding hydrogens is 251 g/mol. The van der Waals surface area contributed by atoms with Gasteiger partial charge in [-0.05, 0) is 37.1 Å². The van der Waals surface area contributed by atoms with Crippen LogP contribution in [0.2, 0.25) is 5.02 Å². The van der Waals surface area contributed by atoms with Crippen molar-refractivity contribution >= 4 is 29.2 Å². The van der Waals surface area contributed by atoms with E-state index in [-0.39, 0.29) is 0 Å². The van der Waals surface area contributed by atoms with E-state index in [1.807, 2.05) is 6.92 Å². The van der Waals surface area contributed by atoms with Gasteiger partial charge in [-0.15, -0.1) is 11.6 Å². The van der Waals surface area contributed by atoms with Crippen LogP contribution in [0.3, 0.4) is 0 Å². The molecule has 0 saturated heterocycles. The van der Waals surface area contributed by atoms with Gasteiger partial charge in [0.15, 0.2) is 5.38 Å². The second-order valence-corrected chi connectivity index (χ2v) is 4.12. The molecule has 0 spiro atoms. The molecule has 0 saturated carbocycles. The lowest BCUT2D eigenvalue weighted by Crippen LogP contribution is -2.07. The number of carbonyl (C=O) groups is 1. The van der Waals surface area contributed by atoms with Crippen LogP contribution in [0.5, 0.6) is 5.75 Å². The normalized spacial score (nSPS) is 12.2. The van der Waals surface area contributed by atoms with Crippen LogP contribution in [0.1, 0.15) is 23.4 Å². The molecule has 3 nitrogen and oxygen atoms in total. The van der Waals surface area contributed by atoms with E-state index in [0.29, 0.717) is 22.9 Å². The molecule has 1 unspecified atom stereocenters. The third-order valence-corrected chi connectivity index (χ3v) is 2.83. The van der Waals surface area contributed by atoms with Gasteiger partial charge in [0.2, 0.25) is 0 Å². The fourth-order valence-electron chi connectivity index (χ4n) is 1.34. The Kier molecular flexibility index (Phi) is 4.44. The number of hydrogen-bond donors (Lipinski definition) is 1. The van der Waals surface area contributed by atoms with Gasteiger partial charge in [0.05, 0.1) is 11.6 Å². The minimum Gasteiger partial charge on any atom is -0.492 e. The summed E-state index contributed by atoms with van der Waals surface area (Å²) in [6.07, 6.45) is 0. The van der Waals surface area contributed by atoms with Crippen LogP contribution < -0.4 is 4.74 Å². The molecule has 1 aromatic rings. The number of rotatable bonds is 4. The highest BCUT2D eigenvalue weighted by Gasteiger charge is 2.20. The van der Waals surface area contributed by atoms with Crippen molar-refractivity contribution in [2.75, 3.05) is 6.61 Å². The maximum Gasteiger partial charge on any atom is 0.326 e. The van der Waals surface area contributed by atoms with Gasteiger partial charge in [-0.2, -0.15) is 0 Å². The number of aryl methyl sites for hydroxylation is 1. The van der Waals surface area contributed by atoms with Gasteiger partial charge in [-0.1, -0.05) is 11.6 Å². The van der Waals surface area contributed by atoms with Crippen molar-refractivity contribution in [3.8, 4) is 5.75 Å². The highest BCUT2D eigenvalue weighted by atomic mass is 35.5. The second-order valence-electron chi connectivity index (χ2n) is 3.27. The van der Waals surface area contributed by atoms with E-state index in [1.165, 1.54) is 6.07 Å². The zero-order valence-electron chi connectivity index (χ0n) is 8.96. The Morgan fingerprint density at radius 2 is 2.19 bits per heavy atom. The number of carboxylic acids is 1. The summed E-state index contributed by atoms with van der Waals surface area (Å²) in [5.41, 5.74) is 1.23. The molecule has 1 aromatic carbocycles. The molecule has 16 heavy (non-hydrogen) atoms. The molecular formula is C11H12Cl2O3. The first-order valence-corrected chi connectivity index (χ1v) is 5.58. The predicted molar refractivity (Wildman–Crippen MR) is 63.6 cm³/mol. The van der Waals surface area contributed by atoms with Crippen LogP contribution in [0.25, 0.3) is 0 Å². The largest absolute Gasteiger partial charge is 0.492 e. The van der Waals surface area contributed by atoms with E-state index < -0.39 is 11.3 Å². The summed E-state index contributed by atoms with van der Waals surface area (Å²) >= 11 is 11.7. The molecule has 0 aliphatic carbocycles. The predicted octanol–water partition coefficient (Wildman–Crippen LogP) is 3.41. The molecule has 0 heterocycles. The van der Waals surface area contributed by atoms with Crippen LogP contribution in [-0.4, -0.2) is 17.7 Å². The summed E-state index contributed by atoms with van der Waals surface area (Å²) < 4.78 is 5.29. The van der Waals surface area contributed by atoms with Crippen molar-refractivity contribution in [2.24, 2.45) is 0 Å². The number of ether oxygens (including phenoxy) is 1. The lowest BCUT2D eigenvalue weighted by atomic mass is 10.1. The quantitative estimate of drug-likeness (QED) is 0.846. The topological polar surface area (TPSA) is 46.5 Å². The number of benzene rings is 1. The summed E-state index contributed by atoms with van der Waals surface area (Å²) in [5, 5.41) is 8.10. The molecule has 0 aromatic heterocycles. The molecule has 0 amide bonds. The Morgan fingerprint density at radius 3 is 2.69 bits per heavy atom. The molecule has 0 aliphatic rings. The number of alkyl halides is 1. The molecule has 5 heteroatoms. The third-order valence-electron chi connectivity index (χ3n) is 2.11. The van der Waals surface area contributed by atoms with Crippen molar-refractivity contribution in [1.82, 2.24) is 0 Å². The Balaban J connectivity index is 3.14. The molecule has 1 rings (SSSR count). The Labute approximate surface area is 104 Å². The van der Waals surface area contributed by atoms with E-state index in [1.54, 1.807) is 13.0 Å². The fraction of sp³-hybridized carbons (Fsp3) is 0.364. The molecule has 1 atom stereocenters. The van der Waals surface area contributed by atoms with Crippen molar-refractivity contribution < 1.29 is 14.6 Å². The maximum absolute atomic E-state index is 10.8. The first kappa shape index (κ1) is 13.1. The fourth-order valence-corrected chi connectivity index (χ4v) is 1.80. The van der Waals surface area contributed by atoms with Gasteiger partial charge in [-0.25, -0.2) is 0 Å². The van der Waals surface area contributed by atoms with Gasteiger partial charge >= 0.3 is 5.97 Å². The van der Waals surface area contributed by atoms with E-state index >= 15 is 0 Å². The SMILES string of the molecule is CCOc1cc(C)c(C(Cl)C(=O)O)cc1Cl. The minimum absolute atomic E-state index is 0.370. The Hall–Kier alpha value is -0.930. The number of aliphatic carboxylic acids is 1. The lowest BCUT2D eigenvalue weighted by molar-refractivity contribution is -0.136. The third kappa shape index (κ3) is 2.80. The van der Waals surface area contributed by atoms with E-state index in [2.05, 4.69) is 0 Å². The van der Waals surface area contributed by atoms with E-state index in [9.17, 15) is 4.79 Å². The molecule has 88 valence electrons. The number of hydrogen-bond acceptors (Lipinski definition) is 2. The van der Waals surface area contributed by atoms with Crippen LogP contribution in [0.15, 0.2) is 12.1 Å². The van der Waals surface area contributed by atoms with Gasteiger partial charge < -0.3 is 9.84 Å². The number of carboxylic acid groups (broad SMARTS) is 1. The zero-order chi connectivity index (χ0) is 12.3. The van der Waals surface area contributed by atoms with Gasteiger partial charge in [-0.3, -0.25) is 4.79 Å². The standard InChI is InChI=1S/C11H12Cl2O3/c1-3-16-9-4-6(2)7(5-8(9)12)10(13)11(14)15/h4-5,10H,3H2,1-2H3,(H,14,15). The Bertz CT molecular complexity index is 404. The van der Waals surface area contributed by atoms with Gasteiger partial charge in [0.1, 0.15) is 5.75 Å². The summed E-state index contributed by atoms with van der Waals surface area (Å²) in [6.45, 7) is 4.12. The summed E-state index contributed by atoms with van der Waals surface area (Å²) in [6, 6.07) is 3.23. The second kappa shape index (κ2) is 5.41. The van der Waals surface area contributed by atoms with Crippen LogP contribution in [0.4, 0.5) is 0 Å². The van der Waals surface area contributed by atoms with Crippen molar-refractivity contribution in [3.05, 3.63) is 28.3 Å². The average molecular weight is 263 g/mol. The smallest absolute Gasteiger partial charge is 0.326 e. The molecule has 0 bridgehead atoms.